The van der Waals surface area contributed by atoms with Crippen molar-refractivity contribution in [3.05, 3.63) is 0 Å². The van der Waals surface area contributed by atoms with E-state index in [9.17, 15) is 4.79 Å². The van der Waals surface area contributed by atoms with Crippen molar-refractivity contribution in [2.75, 3.05) is 26.2 Å². The number of piperidine rings is 1. The first-order valence-electron chi connectivity index (χ1n) is 5.95. The van der Waals surface area contributed by atoms with Crippen LogP contribution in [0.25, 0.3) is 0 Å². The van der Waals surface area contributed by atoms with E-state index in [2.05, 4.69) is 10.6 Å². The van der Waals surface area contributed by atoms with Gasteiger partial charge in [0.15, 0.2) is 0 Å². The molecule has 0 radical (unpaired) electrons. The van der Waals surface area contributed by atoms with Crippen LogP contribution in [-0.4, -0.2) is 44.5 Å². The first-order chi connectivity index (χ1) is 7.68. The van der Waals surface area contributed by atoms with E-state index in [1.807, 2.05) is 13.8 Å². The van der Waals surface area contributed by atoms with Gasteiger partial charge >= 0.3 is 6.09 Å². The number of alkyl carbamates (subject to hydrolysis) is 1. The van der Waals surface area contributed by atoms with Crippen LogP contribution in [0.4, 0.5) is 4.79 Å². The van der Waals surface area contributed by atoms with Crippen molar-refractivity contribution in [2.45, 2.75) is 38.9 Å². The number of ether oxygens (including phenoxy) is 2. The Balaban J connectivity index is 1.96. The second-order valence-corrected chi connectivity index (χ2v) is 4.20. The third-order valence-corrected chi connectivity index (χ3v) is 2.35. The summed E-state index contributed by atoms with van der Waals surface area (Å²) in [5.74, 6) is 0. The molecule has 0 bridgehead atoms. The summed E-state index contributed by atoms with van der Waals surface area (Å²) in [7, 11) is 0. The molecule has 94 valence electrons. The Hall–Kier alpha value is -0.810. The highest BCUT2D eigenvalue weighted by molar-refractivity contribution is 5.67. The molecule has 1 aliphatic heterocycles. The van der Waals surface area contributed by atoms with Crippen LogP contribution >= 0.6 is 0 Å². The number of rotatable bonds is 5. The third kappa shape index (κ3) is 5.92. The fraction of sp³-hybridized carbons (Fsp3) is 0.909. The van der Waals surface area contributed by atoms with Crippen LogP contribution < -0.4 is 10.6 Å². The molecule has 5 heteroatoms. The number of hydrogen-bond donors (Lipinski definition) is 2. The number of hydrogen-bond acceptors (Lipinski definition) is 4. The Morgan fingerprint density at radius 3 is 2.75 bits per heavy atom. The molecule has 0 unspecified atom stereocenters. The van der Waals surface area contributed by atoms with Crippen molar-refractivity contribution in [3.8, 4) is 0 Å². The second kappa shape index (κ2) is 7.46. The lowest BCUT2D eigenvalue weighted by Crippen LogP contribution is -2.35. The maximum Gasteiger partial charge on any atom is 0.407 e. The first kappa shape index (κ1) is 13.3. The fourth-order valence-corrected chi connectivity index (χ4v) is 1.60. The fourth-order valence-electron chi connectivity index (χ4n) is 1.60. The van der Waals surface area contributed by atoms with Crippen LogP contribution in [0.5, 0.6) is 0 Å². The van der Waals surface area contributed by atoms with Crippen molar-refractivity contribution < 1.29 is 14.3 Å². The van der Waals surface area contributed by atoms with E-state index in [-0.39, 0.29) is 12.2 Å². The van der Waals surface area contributed by atoms with Crippen LogP contribution in [-0.2, 0) is 9.47 Å². The lowest BCUT2D eigenvalue weighted by Gasteiger charge is -2.22. The summed E-state index contributed by atoms with van der Waals surface area (Å²) in [6.07, 6.45) is 1.99. The van der Waals surface area contributed by atoms with E-state index >= 15 is 0 Å². The molecular weight excluding hydrogens is 208 g/mol. The summed E-state index contributed by atoms with van der Waals surface area (Å²) in [5, 5.41) is 5.93. The molecule has 1 rings (SSSR count). The topological polar surface area (TPSA) is 59.6 Å². The Morgan fingerprint density at radius 2 is 2.12 bits per heavy atom. The van der Waals surface area contributed by atoms with Crippen molar-refractivity contribution in [1.82, 2.24) is 10.6 Å². The van der Waals surface area contributed by atoms with Gasteiger partial charge in [0.2, 0.25) is 0 Å². The van der Waals surface area contributed by atoms with Crippen LogP contribution in [0.15, 0.2) is 0 Å². The Morgan fingerprint density at radius 1 is 1.44 bits per heavy atom. The van der Waals surface area contributed by atoms with Crippen molar-refractivity contribution >= 4 is 6.09 Å². The minimum atomic E-state index is -0.371. The molecule has 1 aliphatic rings. The zero-order valence-corrected chi connectivity index (χ0v) is 10.1. The summed E-state index contributed by atoms with van der Waals surface area (Å²) in [6.45, 7) is 6.75. The van der Waals surface area contributed by atoms with Crippen LogP contribution in [0.3, 0.4) is 0 Å². The van der Waals surface area contributed by atoms with E-state index in [0.29, 0.717) is 19.3 Å². The summed E-state index contributed by atoms with van der Waals surface area (Å²) >= 11 is 0. The summed E-state index contributed by atoms with van der Waals surface area (Å²) in [6, 6.07) is 0. The van der Waals surface area contributed by atoms with E-state index in [0.717, 1.165) is 25.9 Å². The molecule has 16 heavy (non-hydrogen) atoms. The van der Waals surface area contributed by atoms with Gasteiger partial charge < -0.3 is 20.1 Å². The van der Waals surface area contributed by atoms with Crippen molar-refractivity contribution in [2.24, 2.45) is 0 Å². The third-order valence-electron chi connectivity index (χ3n) is 2.35. The minimum absolute atomic E-state index is 0.0784. The SMILES string of the molecule is CC(C)OC(=O)NCCOC1CCNCC1. The number of carbonyl (C=O) groups is 1. The van der Waals surface area contributed by atoms with Gasteiger partial charge in [0.1, 0.15) is 0 Å². The standard InChI is InChI=1S/C11H22N2O3/c1-9(2)16-11(14)13-7-8-15-10-3-5-12-6-4-10/h9-10,12H,3-8H2,1-2H3,(H,13,14). The van der Waals surface area contributed by atoms with Gasteiger partial charge in [-0.15, -0.1) is 0 Å². The molecule has 0 aromatic heterocycles. The molecule has 0 atom stereocenters. The average Bonchev–Trinajstić information content (AvgIpc) is 2.25. The van der Waals surface area contributed by atoms with Gasteiger partial charge in [0.25, 0.3) is 0 Å². The quantitative estimate of drug-likeness (QED) is 0.689. The molecule has 0 spiro atoms. The van der Waals surface area contributed by atoms with E-state index in [1.165, 1.54) is 0 Å². The van der Waals surface area contributed by atoms with E-state index in [4.69, 9.17) is 9.47 Å². The molecule has 5 nitrogen and oxygen atoms in total. The Bertz CT molecular complexity index is 203. The number of amides is 1. The highest BCUT2D eigenvalue weighted by atomic mass is 16.6. The number of nitrogens with one attached hydrogen (secondary N) is 2. The minimum Gasteiger partial charge on any atom is -0.447 e. The molecular formula is C11H22N2O3. The average molecular weight is 230 g/mol. The molecule has 1 fully saturated rings. The van der Waals surface area contributed by atoms with E-state index < -0.39 is 0 Å². The maximum atomic E-state index is 11.1. The van der Waals surface area contributed by atoms with Crippen LogP contribution in [0.1, 0.15) is 26.7 Å². The first-order valence-corrected chi connectivity index (χ1v) is 5.95. The molecule has 0 aromatic carbocycles. The second-order valence-electron chi connectivity index (χ2n) is 4.20. The molecule has 0 aromatic rings. The van der Waals surface area contributed by atoms with Crippen molar-refractivity contribution in [1.29, 1.82) is 0 Å². The summed E-state index contributed by atoms with van der Waals surface area (Å²) in [5.41, 5.74) is 0. The Kier molecular flexibility index (Phi) is 6.18. The predicted molar refractivity (Wildman–Crippen MR) is 61.5 cm³/mol. The lowest BCUT2D eigenvalue weighted by atomic mass is 10.1. The van der Waals surface area contributed by atoms with Gasteiger partial charge in [0.05, 0.1) is 18.8 Å². The Labute approximate surface area is 96.9 Å². The molecule has 1 heterocycles. The normalized spacial score (nSPS) is 17.4. The summed E-state index contributed by atoms with van der Waals surface area (Å²) < 4.78 is 10.6. The number of carbonyl (C=O) groups excluding carboxylic acids is 1. The highest BCUT2D eigenvalue weighted by Gasteiger charge is 2.12. The largest absolute Gasteiger partial charge is 0.447 e. The van der Waals surface area contributed by atoms with Gasteiger partial charge in [-0.2, -0.15) is 0 Å². The summed E-state index contributed by atoms with van der Waals surface area (Å²) in [4.78, 5) is 11.1. The maximum absolute atomic E-state index is 11.1. The van der Waals surface area contributed by atoms with Gasteiger partial charge in [-0.05, 0) is 39.8 Å². The van der Waals surface area contributed by atoms with E-state index in [1.54, 1.807) is 0 Å². The zero-order valence-electron chi connectivity index (χ0n) is 10.1. The molecule has 2 N–H and O–H groups in total. The molecule has 1 saturated heterocycles. The van der Waals surface area contributed by atoms with Gasteiger partial charge in [-0.1, -0.05) is 0 Å². The zero-order chi connectivity index (χ0) is 11.8. The molecule has 0 aliphatic carbocycles. The van der Waals surface area contributed by atoms with Gasteiger partial charge in [-0.3, -0.25) is 0 Å². The monoisotopic (exact) mass is 230 g/mol. The predicted octanol–water partition coefficient (Wildman–Crippen LogP) is 0.890. The smallest absolute Gasteiger partial charge is 0.407 e. The lowest BCUT2D eigenvalue weighted by molar-refractivity contribution is 0.0334. The molecule has 1 amide bonds. The van der Waals surface area contributed by atoms with Gasteiger partial charge in [0, 0.05) is 6.54 Å². The van der Waals surface area contributed by atoms with Crippen LogP contribution in [0, 0.1) is 0 Å². The molecule has 0 saturated carbocycles. The van der Waals surface area contributed by atoms with Gasteiger partial charge in [-0.25, -0.2) is 4.79 Å². The van der Waals surface area contributed by atoms with Crippen LogP contribution in [0.2, 0.25) is 0 Å². The highest BCUT2D eigenvalue weighted by Crippen LogP contribution is 2.06. The van der Waals surface area contributed by atoms with Crippen molar-refractivity contribution in [3.63, 3.8) is 0 Å².